The van der Waals surface area contributed by atoms with Crippen LogP contribution in [-0.4, -0.2) is 83.6 Å². The first kappa shape index (κ1) is 31.3. The Balaban J connectivity index is 1.44. The van der Waals surface area contributed by atoms with Gasteiger partial charge in [-0.2, -0.15) is 0 Å². The number of allylic oxidation sites excluding steroid dienone is 1. The van der Waals surface area contributed by atoms with Crippen molar-refractivity contribution in [2.24, 2.45) is 10.9 Å². The third-order valence-electron chi connectivity index (χ3n) is 8.91. The molecule has 5 rings (SSSR count). The molecule has 0 saturated carbocycles. The van der Waals surface area contributed by atoms with E-state index >= 15 is 0 Å². The van der Waals surface area contributed by atoms with Crippen LogP contribution in [0.15, 0.2) is 53.0 Å². The quantitative estimate of drug-likeness (QED) is 0.453. The molecule has 0 spiro atoms. The highest BCUT2D eigenvalue weighted by Gasteiger charge is 2.28. The zero-order valence-electron chi connectivity index (χ0n) is 25.9. The molecule has 230 valence electrons. The monoisotopic (exact) mass is 604 g/mol. The molecule has 0 bridgehead atoms. The molecular weight excluding hydrogens is 560 g/mol. The number of morpholine rings is 1. The number of carbonyl (C=O) groups is 2. The van der Waals surface area contributed by atoms with E-state index < -0.39 is 16.7 Å². The minimum atomic E-state index is -0.748. The first-order valence-corrected chi connectivity index (χ1v) is 16.9. The van der Waals surface area contributed by atoms with Crippen LogP contribution in [0.3, 0.4) is 0 Å². The summed E-state index contributed by atoms with van der Waals surface area (Å²) >= 11 is 0. The molecule has 8 nitrogen and oxygen atoms in total. The average Bonchev–Trinajstić information content (AvgIpc) is 2.99. The number of aliphatic imine (C=N–C) groups is 1. The third kappa shape index (κ3) is 7.51. The zero-order valence-corrected chi connectivity index (χ0v) is 26.7. The number of anilines is 1. The van der Waals surface area contributed by atoms with Gasteiger partial charge in [-0.15, -0.1) is 0 Å². The first-order valence-electron chi connectivity index (χ1n) is 15.4. The first-order chi connectivity index (χ1) is 20.7. The van der Waals surface area contributed by atoms with Crippen molar-refractivity contribution in [3.8, 4) is 11.1 Å². The van der Waals surface area contributed by atoms with Crippen LogP contribution in [-0.2, 0) is 26.9 Å². The number of rotatable bonds is 9. The van der Waals surface area contributed by atoms with E-state index in [4.69, 9.17) is 4.74 Å². The van der Waals surface area contributed by atoms with Crippen LogP contribution in [0.2, 0.25) is 0 Å². The summed E-state index contributed by atoms with van der Waals surface area (Å²) in [7, 11) is -0.748. The number of nitrogens with zero attached hydrogens (tertiary/aromatic N) is 3. The smallest absolute Gasteiger partial charge is 0.254 e. The molecule has 1 N–H and O–H groups in total. The summed E-state index contributed by atoms with van der Waals surface area (Å²) in [5.41, 5.74) is 7.43. The number of dihydropyridines is 1. The topological polar surface area (TPSA) is 91.3 Å². The fraction of sp³-hybridized carbons (Fsp3) is 0.500. The Morgan fingerprint density at radius 1 is 1.07 bits per heavy atom. The average molecular weight is 605 g/mol. The van der Waals surface area contributed by atoms with Crippen molar-refractivity contribution in [3.05, 3.63) is 64.7 Å². The predicted octanol–water partition coefficient (Wildman–Crippen LogP) is 4.53. The fourth-order valence-corrected chi connectivity index (χ4v) is 7.66. The van der Waals surface area contributed by atoms with Crippen LogP contribution in [0.4, 0.5) is 5.69 Å². The maximum absolute atomic E-state index is 13.8. The van der Waals surface area contributed by atoms with Crippen LogP contribution in [0.5, 0.6) is 0 Å². The van der Waals surface area contributed by atoms with Gasteiger partial charge in [-0.1, -0.05) is 29.8 Å². The molecule has 3 aliphatic rings. The number of benzene rings is 2. The van der Waals surface area contributed by atoms with Gasteiger partial charge >= 0.3 is 0 Å². The van der Waals surface area contributed by atoms with Crippen LogP contribution < -0.4 is 10.2 Å². The zero-order chi connectivity index (χ0) is 30.5. The predicted molar refractivity (Wildman–Crippen MR) is 174 cm³/mol. The Kier molecular flexibility index (Phi) is 10.3. The maximum atomic E-state index is 13.8. The van der Waals surface area contributed by atoms with Gasteiger partial charge in [-0.05, 0) is 81.0 Å². The highest BCUT2D eigenvalue weighted by molar-refractivity contribution is 7.85. The van der Waals surface area contributed by atoms with E-state index in [1.165, 1.54) is 5.56 Å². The molecule has 2 saturated heterocycles. The maximum Gasteiger partial charge on any atom is 0.254 e. The van der Waals surface area contributed by atoms with Gasteiger partial charge in [0, 0.05) is 78.0 Å². The lowest BCUT2D eigenvalue weighted by atomic mass is 9.94. The molecule has 0 radical (unpaired) electrons. The van der Waals surface area contributed by atoms with Gasteiger partial charge in [-0.3, -0.25) is 18.7 Å². The van der Waals surface area contributed by atoms with E-state index in [9.17, 15) is 13.8 Å². The number of ether oxygens (including phenoxy) is 1. The standard InChI is InChI=1S/C34H44N4O4S/c1-5-38(29-10-16-43(41)17-11-29)32-20-28(27-8-6-26(7-9-27)22-37-12-14-42-15-13-37)19-30(25(32)4)33(39)35-21-31-23(2)18-24(3)36-34(31)40/h6-9,18-20,29,31H,5,10-17,21-22H2,1-4H3,(H,35,39). The molecule has 1 unspecified atom stereocenters. The van der Waals surface area contributed by atoms with Crippen LogP contribution in [0.1, 0.15) is 55.1 Å². The summed E-state index contributed by atoms with van der Waals surface area (Å²) in [6, 6.07) is 13.1. The summed E-state index contributed by atoms with van der Waals surface area (Å²) in [5, 5.41) is 3.04. The number of carbonyl (C=O) groups excluding carboxylic acids is 2. The summed E-state index contributed by atoms with van der Waals surface area (Å²) < 4.78 is 17.6. The van der Waals surface area contributed by atoms with Crippen LogP contribution in [0, 0.1) is 12.8 Å². The lowest BCUT2D eigenvalue weighted by Crippen LogP contribution is -2.41. The molecule has 3 heterocycles. The van der Waals surface area contributed by atoms with Crippen molar-refractivity contribution in [1.29, 1.82) is 0 Å². The van der Waals surface area contributed by atoms with Gasteiger partial charge in [0.05, 0.1) is 19.1 Å². The normalized spacial score (nSPS) is 23.0. The molecule has 3 aliphatic heterocycles. The number of hydrogen-bond acceptors (Lipinski definition) is 6. The van der Waals surface area contributed by atoms with Crippen molar-refractivity contribution >= 4 is 34.0 Å². The third-order valence-corrected chi connectivity index (χ3v) is 10.3. The van der Waals surface area contributed by atoms with Crippen molar-refractivity contribution in [2.45, 2.75) is 53.1 Å². The van der Waals surface area contributed by atoms with Gasteiger partial charge in [0.15, 0.2) is 0 Å². The second-order valence-corrected chi connectivity index (χ2v) is 13.6. The van der Waals surface area contributed by atoms with Gasteiger partial charge < -0.3 is 15.0 Å². The highest BCUT2D eigenvalue weighted by atomic mass is 32.2. The van der Waals surface area contributed by atoms with E-state index in [1.807, 2.05) is 32.9 Å². The van der Waals surface area contributed by atoms with Crippen LogP contribution >= 0.6 is 0 Å². The van der Waals surface area contributed by atoms with E-state index in [2.05, 4.69) is 57.4 Å². The Morgan fingerprint density at radius 3 is 2.42 bits per heavy atom. The minimum absolute atomic E-state index is 0.197. The number of hydrogen-bond donors (Lipinski definition) is 1. The summed E-state index contributed by atoms with van der Waals surface area (Å²) in [4.78, 5) is 35.2. The summed E-state index contributed by atoms with van der Waals surface area (Å²) in [5.74, 6) is 0.555. The van der Waals surface area contributed by atoms with Crippen molar-refractivity contribution in [1.82, 2.24) is 10.2 Å². The molecule has 9 heteroatoms. The second kappa shape index (κ2) is 14.1. The van der Waals surface area contributed by atoms with Gasteiger partial charge in [0.25, 0.3) is 11.8 Å². The number of nitrogens with one attached hydrogen (secondary N) is 1. The lowest BCUT2D eigenvalue weighted by Gasteiger charge is -2.36. The van der Waals surface area contributed by atoms with Crippen molar-refractivity contribution in [3.63, 3.8) is 0 Å². The van der Waals surface area contributed by atoms with E-state index in [1.54, 1.807) is 0 Å². The molecule has 0 aromatic heterocycles. The van der Waals surface area contributed by atoms with Gasteiger partial charge in [0.1, 0.15) is 0 Å². The van der Waals surface area contributed by atoms with E-state index in [0.29, 0.717) is 22.8 Å². The Labute approximate surface area is 258 Å². The molecule has 2 aromatic carbocycles. The summed E-state index contributed by atoms with van der Waals surface area (Å²) in [6.07, 6.45) is 3.65. The van der Waals surface area contributed by atoms with Gasteiger partial charge in [0.2, 0.25) is 0 Å². The number of amides is 2. The molecule has 0 aliphatic carbocycles. The van der Waals surface area contributed by atoms with Crippen molar-refractivity contribution in [2.75, 3.05) is 55.8 Å². The Morgan fingerprint density at radius 2 is 1.77 bits per heavy atom. The largest absolute Gasteiger partial charge is 0.379 e. The molecular formula is C34H44N4O4S. The SMILES string of the molecule is CCN(c1cc(-c2ccc(CN3CCOCC3)cc2)cc(C(=O)NCC2C(=O)N=C(C)C=C2C)c1C)C1CCS(=O)CC1. The van der Waals surface area contributed by atoms with Crippen molar-refractivity contribution < 1.29 is 18.5 Å². The second-order valence-electron chi connectivity index (χ2n) is 11.9. The molecule has 2 aromatic rings. The van der Waals surface area contributed by atoms with E-state index in [0.717, 1.165) is 80.2 Å². The van der Waals surface area contributed by atoms with Crippen LogP contribution in [0.25, 0.3) is 11.1 Å². The minimum Gasteiger partial charge on any atom is -0.379 e. The van der Waals surface area contributed by atoms with E-state index in [-0.39, 0.29) is 24.4 Å². The molecule has 2 amide bonds. The molecule has 2 fully saturated rings. The fourth-order valence-electron chi connectivity index (χ4n) is 6.39. The Hall–Kier alpha value is -3.14. The molecule has 1 atom stereocenters. The molecule has 43 heavy (non-hydrogen) atoms. The Bertz CT molecular complexity index is 1420. The highest BCUT2D eigenvalue weighted by Crippen LogP contribution is 2.34. The van der Waals surface area contributed by atoms with Gasteiger partial charge in [-0.25, -0.2) is 4.99 Å². The lowest BCUT2D eigenvalue weighted by molar-refractivity contribution is -0.120. The summed E-state index contributed by atoms with van der Waals surface area (Å²) in [6.45, 7) is 13.2.